The summed E-state index contributed by atoms with van der Waals surface area (Å²) in [6.07, 6.45) is 1.29. The number of hydrogen-bond donors (Lipinski definition) is 0. The van der Waals surface area contributed by atoms with Crippen LogP contribution in [-0.2, 0) is 14.6 Å². The lowest BCUT2D eigenvalue weighted by atomic mass is 10.1. The van der Waals surface area contributed by atoms with Crippen molar-refractivity contribution in [2.75, 3.05) is 17.3 Å². The Kier molecular flexibility index (Phi) is 6.81. The molecule has 4 rings (SSSR count). The van der Waals surface area contributed by atoms with Crippen molar-refractivity contribution in [1.29, 1.82) is 0 Å². The van der Waals surface area contributed by atoms with Gasteiger partial charge < -0.3 is 4.90 Å². The fraction of sp³-hybridized carbons (Fsp3) is 0.375. The Bertz CT molecular complexity index is 1220. The van der Waals surface area contributed by atoms with E-state index in [0.29, 0.717) is 11.4 Å². The molecule has 0 aliphatic carbocycles. The van der Waals surface area contributed by atoms with Crippen LogP contribution >= 0.6 is 11.8 Å². The largest absolute Gasteiger partial charge is 0.335 e. The Hall–Kier alpha value is -2.45. The van der Waals surface area contributed by atoms with Gasteiger partial charge in [-0.25, -0.2) is 8.42 Å². The summed E-state index contributed by atoms with van der Waals surface area (Å²) in [6.45, 7) is 4.00. The normalized spacial score (nSPS) is 18.5. The molecule has 1 amide bonds. The molecule has 2 atom stereocenters. The second-order valence-corrected chi connectivity index (χ2v) is 11.4. The molecule has 1 aliphatic heterocycles. The zero-order chi connectivity index (χ0) is 22.7. The monoisotopic (exact) mass is 469 g/mol. The average molecular weight is 470 g/mol. The Morgan fingerprint density at radius 3 is 2.44 bits per heavy atom. The van der Waals surface area contributed by atoms with E-state index in [2.05, 4.69) is 10.2 Å². The van der Waals surface area contributed by atoms with Gasteiger partial charge in [0.1, 0.15) is 10.7 Å². The number of thioether (sulfide) groups is 1. The molecule has 6 nitrogen and oxygen atoms in total. The second kappa shape index (κ2) is 9.58. The summed E-state index contributed by atoms with van der Waals surface area (Å²) < 4.78 is 24.0. The molecule has 2 aromatic carbocycles. The van der Waals surface area contributed by atoms with Gasteiger partial charge in [0.2, 0.25) is 5.91 Å². The predicted octanol–water partition coefficient (Wildman–Crippen LogP) is 4.20. The lowest BCUT2D eigenvalue weighted by Crippen LogP contribution is -2.47. The van der Waals surface area contributed by atoms with Crippen LogP contribution in [0.5, 0.6) is 0 Å². The van der Waals surface area contributed by atoms with Gasteiger partial charge in [-0.3, -0.25) is 4.79 Å². The number of benzene rings is 2. The van der Waals surface area contributed by atoms with E-state index in [0.717, 1.165) is 28.5 Å². The molecule has 0 spiro atoms. The first-order valence-corrected chi connectivity index (χ1v) is 13.7. The molecule has 0 N–H and O–H groups in total. The fourth-order valence-corrected chi connectivity index (χ4v) is 6.75. The summed E-state index contributed by atoms with van der Waals surface area (Å²) in [7, 11) is -3.07. The van der Waals surface area contributed by atoms with Crippen LogP contribution in [0, 0.1) is 0 Å². The number of hydrogen-bond acceptors (Lipinski definition) is 6. The topological polar surface area (TPSA) is 80.2 Å². The number of fused-ring (bicyclic) bond motifs is 1. The van der Waals surface area contributed by atoms with Gasteiger partial charge in [-0.2, -0.15) is 0 Å². The Morgan fingerprint density at radius 2 is 1.78 bits per heavy atom. The SMILES string of the molecule is CC[C@@H](C)N(C(=O)CSc1nnc(-c2ccccc2)c2ccccc12)[C@@H]1CCS(=O)(=O)C1. The summed E-state index contributed by atoms with van der Waals surface area (Å²) in [4.78, 5) is 15.0. The first kappa shape index (κ1) is 22.7. The van der Waals surface area contributed by atoms with Crippen LogP contribution in [0.1, 0.15) is 26.7 Å². The third-order valence-electron chi connectivity index (χ3n) is 5.99. The maximum absolute atomic E-state index is 13.2. The van der Waals surface area contributed by atoms with Crippen molar-refractivity contribution in [3.63, 3.8) is 0 Å². The molecule has 1 fully saturated rings. The summed E-state index contributed by atoms with van der Waals surface area (Å²) in [5.74, 6) is 0.360. The molecule has 0 saturated carbocycles. The third-order valence-corrected chi connectivity index (χ3v) is 8.71. The molecule has 1 aliphatic rings. The van der Waals surface area contributed by atoms with Gasteiger partial charge in [-0.1, -0.05) is 73.3 Å². The van der Waals surface area contributed by atoms with Crippen molar-refractivity contribution in [1.82, 2.24) is 15.1 Å². The van der Waals surface area contributed by atoms with Gasteiger partial charge in [0.25, 0.3) is 0 Å². The predicted molar refractivity (Wildman–Crippen MR) is 129 cm³/mol. The van der Waals surface area contributed by atoms with Crippen LogP contribution in [-0.4, -0.2) is 58.8 Å². The minimum absolute atomic E-state index is 0.00955. The quantitative estimate of drug-likeness (QED) is 0.483. The number of aromatic nitrogens is 2. The van der Waals surface area contributed by atoms with E-state index in [9.17, 15) is 13.2 Å². The van der Waals surface area contributed by atoms with Gasteiger partial charge in [0.05, 0.1) is 17.3 Å². The molecule has 2 heterocycles. The van der Waals surface area contributed by atoms with Crippen molar-refractivity contribution in [3.05, 3.63) is 54.6 Å². The van der Waals surface area contributed by atoms with E-state index in [1.54, 1.807) is 4.90 Å². The van der Waals surface area contributed by atoms with Crippen molar-refractivity contribution < 1.29 is 13.2 Å². The minimum Gasteiger partial charge on any atom is -0.335 e. The van der Waals surface area contributed by atoms with E-state index < -0.39 is 9.84 Å². The van der Waals surface area contributed by atoms with E-state index in [1.165, 1.54) is 11.8 Å². The lowest BCUT2D eigenvalue weighted by molar-refractivity contribution is -0.132. The van der Waals surface area contributed by atoms with Crippen LogP contribution in [0.25, 0.3) is 22.0 Å². The standard InChI is InChI=1S/C24H27N3O3S2/c1-3-17(2)27(19-13-14-32(29,30)16-19)22(28)15-31-24-21-12-8-7-11-20(21)23(25-26-24)18-9-5-4-6-10-18/h4-12,17,19H,3,13-16H2,1-2H3/t17-,19-/m1/s1. The highest BCUT2D eigenvalue weighted by Gasteiger charge is 2.36. The minimum atomic E-state index is -3.07. The zero-order valence-electron chi connectivity index (χ0n) is 18.3. The average Bonchev–Trinajstić information content (AvgIpc) is 3.16. The molecule has 0 bridgehead atoms. The highest BCUT2D eigenvalue weighted by Crippen LogP contribution is 2.32. The van der Waals surface area contributed by atoms with Crippen LogP contribution in [0.15, 0.2) is 59.6 Å². The number of carbonyl (C=O) groups is 1. The van der Waals surface area contributed by atoms with Crippen molar-refractivity contribution in [2.24, 2.45) is 0 Å². The third kappa shape index (κ3) is 4.81. The van der Waals surface area contributed by atoms with Crippen LogP contribution in [0.3, 0.4) is 0 Å². The Labute approximate surface area is 193 Å². The summed E-state index contributed by atoms with van der Waals surface area (Å²) >= 11 is 1.36. The second-order valence-electron chi connectivity index (χ2n) is 8.17. The highest BCUT2D eigenvalue weighted by molar-refractivity contribution is 8.00. The van der Waals surface area contributed by atoms with Gasteiger partial charge in [-0.15, -0.1) is 10.2 Å². The molecule has 8 heteroatoms. The summed E-state index contributed by atoms with van der Waals surface area (Å²) in [6, 6.07) is 17.6. The molecule has 3 aromatic rings. The van der Waals surface area contributed by atoms with Crippen molar-refractivity contribution in [3.8, 4) is 11.3 Å². The molecule has 1 aromatic heterocycles. The molecular formula is C24H27N3O3S2. The maximum atomic E-state index is 13.2. The smallest absolute Gasteiger partial charge is 0.233 e. The Balaban J connectivity index is 1.58. The fourth-order valence-electron chi connectivity index (χ4n) is 4.20. The molecule has 0 unspecified atom stereocenters. The Morgan fingerprint density at radius 1 is 1.09 bits per heavy atom. The maximum Gasteiger partial charge on any atom is 0.233 e. The number of amides is 1. The van der Waals surface area contributed by atoms with Gasteiger partial charge in [0, 0.05) is 28.4 Å². The van der Waals surface area contributed by atoms with Crippen molar-refractivity contribution in [2.45, 2.75) is 43.8 Å². The van der Waals surface area contributed by atoms with Crippen LogP contribution < -0.4 is 0 Å². The van der Waals surface area contributed by atoms with Gasteiger partial charge >= 0.3 is 0 Å². The molecule has 0 radical (unpaired) electrons. The number of rotatable bonds is 7. The van der Waals surface area contributed by atoms with E-state index in [4.69, 9.17) is 0 Å². The molecular weight excluding hydrogens is 442 g/mol. The van der Waals surface area contributed by atoms with E-state index in [-0.39, 0.29) is 35.2 Å². The van der Waals surface area contributed by atoms with E-state index >= 15 is 0 Å². The van der Waals surface area contributed by atoms with Gasteiger partial charge in [-0.05, 0) is 19.8 Å². The summed E-state index contributed by atoms with van der Waals surface area (Å²) in [5.41, 5.74) is 1.81. The van der Waals surface area contributed by atoms with Crippen molar-refractivity contribution >= 4 is 38.3 Å². The molecule has 1 saturated heterocycles. The van der Waals surface area contributed by atoms with Gasteiger partial charge in [0.15, 0.2) is 9.84 Å². The summed E-state index contributed by atoms with van der Waals surface area (Å²) in [5, 5.41) is 11.6. The number of nitrogens with zero attached hydrogens (tertiary/aromatic N) is 3. The lowest BCUT2D eigenvalue weighted by Gasteiger charge is -2.33. The van der Waals surface area contributed by atoms with Crippen LogP contribution in [0.2, 0.25) is 0 Å². The molecule has 168 valence electrons. The first-order valence-electron chi connectivity index (χ1n) is 10.8. The molecule has 32 heavy (non-hydrogen) atoms. The first-order chi connectivity index (χ1) is 15.4. The zero-order valence-corrected chi connectivity index (χ0v) is 19.9. The van der Waals surface area contributed by atoms with Crippen LogP contribution in [0.4, 0.5) is 0 Å². The highest BCUT2D eigenvalue weighted by atomic mass is 32.2. The number of carbonyl (C=O) groups excluding carboxylic acids is 1. The number of sulfone groups is 1. The van der Waals surface area contributed by atoms with E-state index in [1.807, 2.05) is 68.4 Å².